The van der Waals surface area contributed by atoms with E-state index in [0.717, 1.165) is 28.8 Å². The number of hydrogen-bond donors (Lipinski definition) is 2. The SMILES string of the molecule is Cc1cccc(NC(=O)CN2CCN(CN3C(=O)NC(C)(CCc4ccccc4)C3=O)CC2)c1C. The lowest BCUT2D eigenvalue weighted by atomic mass is 9.93. The van der Waals surface area contributed by atoms with Crippen molar-refractivity contribution in [2.24, 2.45) is 0 Å². The molecule has 0 aromatic heterocycles. The van der Waals surface area contributed by atoms with Crippen LogP contribution in [0.2, 0.25) is 0 Å². The average Bonchev–Trinajstić information content (AvgIpc) is 3.06. The molecule has 4 rings (SSSR count). The molecule has 2 aliphatic heterocycles. The number of nitrogens with one attached hydrogen (secondary N) is 2. The summed E-state index contributed by atoms with van der Waals surface area (Å²) in [6.07, 6.45) is 1.28. The van der Waals surface area contributed by atoms with Crippen LogP contribution in [0.5, 0.6) is 0 Å². The maximum absolute atomic E-state index is 13.1. The van der Waals surface area contributed by atoms with Crippen molar-refractivity contribution in [1.82, 2.24) is 20.0 Å². The number of rotatable bonds is 8. The third-order valence-corrected chi connectivity index (χ3v) is 7.15. The number of piperazine rings is 1. The van der Waals surface area contributed by atoms with Gasteiger partial charge in [0.25, 0.3) is 5.91 Å². The largest absolute Gasteiger partial charge is 0.326 e. The molecule has 186 valence electrons. The molecular formula is C27H35N5O3. The standard InChI is InChI=1S/C27H35N5O3/c1-20-8-7-11-23(21(20)2)28-24(33)18-30-14-16-31(17-15-30)19-32-25(34)27(3,29-26(32)35)13-12-22-9-5-4-6-10-22/h4-11H,12-19H2,1-3H3,(H,28,33)(H,29,35). The number of aryl methyl sites for hydroxylation is 2. The summed E-state index contributed by atoms with van der Waals surface area (Å²) in [5.74, 6) is -0.204. The van der Waals surface area contributed by atoms with E-state index in [1.807, 2.05) is 69.3 Å². The van der Waals surface area contributed by atoms with Gasteiger partial charge in [0, 0.05) is 31.9 Å². The molecular weight excluding hydrogens is 442 g/mol. The lowest BCUT2D eigenvalue weighted by Gasteiger charge is -2.35. The third kappa shape index (κ3) is 5.89. The Balaban J connectivity index is 1.24. The van der Waals surface area contributed by atoms with Crippen molar-refractivity contribution < 1.29 is 14.4 Å². The molecule has 2 N–H and O–H groups in total. The van der Waals surface area contributed by atoms with Crippen LogP contribution in [0, 0.1) is 13.8 Å². The lowest BCUT2D eigenvalue weighted by molar-refractivity contribution is -0.132. The molecule has 0 bridgehead atoms. The predicted molar refractivity (Wildman–Crippen MR) is 136 cm³/mol. The fraction of sp³-hybridized carbons (Fsp3) is 0.444. The molecule has 1 atom stereocenters. The number of imide groups is 1. The molecule has 2 aliphatic rings. The Kier molecular flexibility index (Phi) is 7.52. The smallest absolute Gasteiger partial charge is 0.325 e. The summed E-state index contributed by atoms with van der Waals surface area (Å²) in [7, 11) is 0. The molecule has 2 aromatic rings. The monoisotopic (exact) mass is 477 g/mol. The van der Waals surface area contributed by atoms with Crippen molar-refractivity contribution >= 4 is 23.5 Å². The van der Waals surface area contributed by atoms with E-state index in [4.69, 9.17) is 0 Å². The van der Waals surface area contributed by atoms with Gasteiger partial charge in [0.1, 0.15) is 5.54 Å². The Labute approximate surface area is 207 Å². The molecule has 4 amide bonds. The first-order valence-corrected chi connectivity index (χ1v) is 12.2. The minimum atomic E-state index is -0.888. The van der Waals surface area contributed by atoms with Crippen LogP contribution >= 0.6 is 0 Å². The van der Waals surface area contributed by atoms with Gasteiger partial charge >= 0.3 is 6.03 Å². The van der Waals surface area contributed by atoms with Gasteiger partial charge in [-0.05, 0) is 56.4 Å². The van der Waals surface area contributed by atoms with E-state index in [1.54, 1.807) is 0 Å². The van der Waals surface area contributed by atoms with Crippen LogP contribution in [-0.2, 0) is 16.0 Å². The number of benzene rings is 2. The second-order valence-electron chi connectivity index (χ2n) is 9.81. The van der Waals surface area contributed by atoms with E-state index in [9.17, 15) is 14.4 Å². The predicted octanol–water partition coefficient (Wildman–Crippen LogP) is 2.76. The van der Waals surface area contributed by atoms with E-state index in [-0.39, 0.29) is 24.5 Å². The van der Waals surface area contributed by atoms with Crippen LogP contribution in [-0.4, -0.2) is 77.5 Å². The highest BCUT2D eigenvalue weighted by atomic mass is 16.2. The fourth-order valence-corrected chi connectivity index (χ4v) is 4.65. The number of nitrogens with zero attached hydrogens (tertiary/aromatic N) is 3. The topological polar surface area (TPSA) is 85.0 Å². The molecule has 2 aromatic carbocycles. The zero-order chi connectivity index (χ0) is 25.0. The molecule has 8 nitrogen and oxygen atoms in total. The van der Waals surface area contributed by atoms with Crippen LogP contribution in [0.15, 0.2) is 48.5 Å². The normalized spacial score (nSPS) is 21.3. The van der Waals surface area contributed by atoms with E-state index in [0.29, 0.717) is 39.1 Å². The molecule has 0 spiro atoms. The molecule has 0 radical (unpaired) electrons. The van der Waals surface area contributed by atoms with Crippen molar-refractivity contribution in [1.29, 1.82) is 0 Å². The minimum Gasteiger partial charge on any atom is -0.325 e. The Morgan fingerprint density at radius 3 is 2.37 bits per heavy atom. The quantitative estimate of drug-likeness (QED) is 0.571. The molecule has 35 heavy (non-hydrogen) atoms. The highest BCUT2D eigenvalue weighted by molar-refractivity contribution is 6.06. The van der Waals surface area contributed by atoms with E-state index >= 15 is 0 Å². The summed E-state index contributed by atoms with van der Waals surface area (Å²) >= 11 is 0. The molecule has 8 heteroatoms. The van der Waals surface area contributed by atoms with Crippen molar-refractivity contribution in [3.63, 3.8) is 0 Å². The van der Waals surface area contributed by atoms with Gasteiger partial charge in [-0.1, -0.05) is 42.5 Å². The molecule has 0 saturated carbocycles. The summed E-state index contributed by atoms with van der Waals surface area (Å²) in [4.78, 5) is 43.8. The van der Waals surface area contributed by atoms with Crippen LogP contribution in [0.1, 0.15) is 30.0 Å². The van der Waals surface area contributed by atoms with Gasteiger partial charge in [0.2, 0.25) is 5.91 Å². The maximum atomic E-state index is 13.1. The molecule has 2 saturated heterocycles. The van der Waals surface area contributed by atoms with Crippen LogP contribution < -0.4 is 10.6 Å². The average molecular weight is 478 g/mol. The molecule has 1 unspecified atom stereocenters. The van der Waals surface area contributed by atoms with E-state index < -0.39 is 5.54 Å². The number of carbonyl (C=O) groups is 3. The summed E-state index contributed by atoms with van der Waals surface area (Å²) in [5.41, 5.74) is 3.33. The first-order chi connectivity index (χ1) is 16.7. The number of hydrogen-bond acceptors (Lipinski definition) is 5. The van der Waals surface area contributed by atoms with Gasteiger partial charge in [0.05, 0.1) is 13.2 Å². The van der Waals surface area contributed by atoms with Gasteiger partial charge in [-0.15, -0.1) is 0 Å². The summed E-state index contributed by atoms with van der Waals surface area (Å²) in [5, 5.41) is 5.92. The Morgan fingerprint density at radius 1 is 0.971 bits per heavy atom. The maximum Gasteiger partial charge on any atom is 0.326 e. The first kappa shape index (κ1) is 24.9. The van der Waals surface area contributed by atoms with E-state index in [1.165, 1.54) is 4.90 Å². The van der Waals surface area contributed by atoms with Crippen molar-refractivity contribution in [3.05, 3.63) is 65.2 Å². The molecule has 2 heterocycles. The van der Waals surface area contributed by atoms with Crippen LogP contribution in [0.25, 0.3) is 0 Å². The van der Waals surface area contributed by atoms with Gasteiger partial charge in [-0.2, -0.15) is 0 Å². The van der Waals surface area contributed by atoms with Crippen molar-refractivity contribution in [2.75, 3.05) is 44.7 Å². The zero-order valence-corrected chi connectivity index (χ0v) is 20.8. The summed E-state index contributed by atoms with van der Waals surface area (Å²) in [6.45, 7) is 9.22. The van der Waals surface area contributed by atoms with Gasteiger partial charge in [0.15, 0.2) is 0 Å². The highest BCUT2D eigenvalue weighted by Crippen LogP contribution is 2.24. The van der Waals surface area contributed by atoms with Gasteiger partial charge in [-0.3, -0.25) is 19.4 Å². The summed E-state index contributed by atoms with van der Waals surface area (Å²) < 4.78 is 0. The summed E-state index contributed by atoms with van der Waals surface area (Å²) in [6, 6.07) is 15.5. The second kappa shape index (κ2) is 10.6. The molecule has 2 fully saturated rings. The number of carbonyl (C=O) groups excluding carboxylic acids is 3. The molecule has 0 aliphatic carbocycles. The first-order valence-electron chi connectivity index (χ1n) is 12.2. The zero-order valence-electron chi connectivity index (χ0n) is 20.8. The van der Waals surface area contributed by atoms with Crippen LogP contribution in [0.3, 0.4) is 0 Å². The Bertz CT molecular complexity index is 1080. The van der Waals surface area contributed by atoms with Crippen molar-refractivity contribution in [2.45, 2.75) is 39.2 Å². The number of anilines is 1. The lowest BCUT2D eigenvalue weighted by Crippen LogP contribution is -2.52. The second-order valence-corrected chi connectivity index (χ2v) is 9.81. The van der Waals surface area contributed by atoms with Gasteiger partial charge < -0.3 is 10.6 Å². The minimum absolute atomic E-state index is 0.0320. The number of amides is 4. The Morgan fingerprint density at radius 2 is 1.66 bits per heavy atom. The highest BCUT2D eigenvalue weighted by Gasteiger charge is 2.47. The fourth-order valence-electron chi connectivity index (χ4n) is 4.65. The Hall–Kier alpha value is -3.23. The number of urea groups is 1. The van der Waals surface area contributed by atoms with Crippen molar-refractivity contribution in [3.8, 4) is 0 Å². The van der Waals surface area contributed by atoms with E-state index in [2.05, 4.69) is 20.4 Å². The van der Waals surface area contributed by atoms with Crippen LogP contribution in [0.4, 0.5) is 10.5 Å². The van der Waals surface area contributed by atoms with Gasteiger partial charge in [-0.25, -0.2) is 9.69 Å². The third-order valence-electron chi connectivity index (χ3n) is 7.15.